The van der Waals surface area contributed by atoms with Gasteiger partial charge in [-0.3, -0.25) is 4.79 Å². The zero-order valence-electron chi connectivity index (χ0n) is 13.6. The maximum absolute atomic E-state index is 12.6. The van der Waals surface area contributed by atoms with Crippen molar-refractivity contribution in [3.63, 3.8) is 0 Å². The van der Waals surface area contributed by atoms with Crippen LogP contribution in [-0.2, 0) is 6.54 Å². The number of ether oxygens (including phenoxy) is 2. The lowest BCUT2D eigenvalue weighted by Gasteiger charge is -2.10. The molecule has 0 fully saturated rings. The van der Waals surface area contributed by atoms with Crippen molar-refractivity contribution < 1.29 is 9.47 Å². The van der Waals surface area contributed by atoms with Crippen LogP contribution in [0.15, 0.2) is 59.5 Å². The highest BCUT2D eigenvalue weighted by molar-refractivity contribution is 5.82. The monoisotopic (exact) mass is 324 g/mol. The Balaban J connectivity index is 1.75. The molecule has 0 aliphatic carbocycles. The maximum Gasteiger partial charge on any atom is 0.258 e. The van der Waals surface area contributed by atoms with Gasteiger partial charge in [-0.2, -0.15) is 0 Å². The van der Waals surface area contributed by atoms with Crippen LogP contribution in [0.4, 0.5) is 5.69 Å². The average Bonchev–Trinajstić information content (AvgIpc) is 2.59. The average molecular weight is 324 g/mol. The normalized spacial score (nSPS) is 10.7. The first-order chi connectivity index (χ1) is 11.7. The minimum Gasteiger partial charge on any atom is -0.494 e. The van der Waals surface area contributed by atoms with Crippen molar-refractivity contribution in [2.24, 2.45) is 0 Å². The topological polar surface area (TPSA) is 66.5 Å². The first kappa shape index (κ1) is 15.9. The molecule has 2 aromatic carbocycles. The van der Waals surface area contributed by atoms with Crippen molar-refractivity contribution in [2.45, 2.75) is 13.5 Å². The summed E-state index contributed by atoms with van der Waals surface area (Å²) in [5, 5.41) is 1.55. The number of aromatic nitrogens is 1. The number of fused-ring (bicyclic) bond motifs is 1. The highest BCUT2D eigenvalue weighted by Crippen LogP contribution is 2.18. The van der Waals surface area contributed by atoms with E-state index in [0.29, 0.717) is 36.6 Å². The first-order valence-electron chi connectivity index (χ1n) is 7.91. The molecular formula is C19H20N2O3. The van der Waals surface area contributed by atoms with Crippen LogP contribution in [0.3, 0.4) is 0 Å². The Hall–Kier alpha value is -2.95. The first-order valence-corrected chi connectivity index (χ1v) is 7.91. The second-order valence-corrected chi connectivity index (χ2v) is 5.41. The second kappa shape index (κ2) is 7.08. The van der Waals surface area contributed by atoms with Gasteiger partial charge in [0.1, 0.15) is 18.1 Å². The Bertz CT molecular complexity index is 885. The van der Waals surface area contributed by atoms with Crippen molar-refractivity contribution in [3.05, 3.63) is 65.1 Å². The molecule has 0 saturated heterocycles. The molecule has 1 heterocycles. The molecule has 0 aliphatic heterocycles. The third kappa shape index (κ3) is 3.51. The number of hydrogen-bond acceptors (Lipinski definition) is 4. The largest absolute Gasteiger partial charge is 0.494 e. The Labute approximate surface area is 140 Å². The fourth-order valence-corrected chi connectivity index (χ4v) is 2.52. The van der Waals surface area contributed by atoms with E-state index in [0.717, 1.165) is 11.1 Å². The smallest absolute Gasteiger partial charge is 0.258 e. The molecule has 5 nitrogen and oxygen atoms in total. The molecule has 2 N–H and O–H groups in total. The molecule has 0 saturated carbocycles. The summed E-state index contributed by atoms with van der Waals surface area (Å²) in [5.41, 5.74) is 6.29. The van der Waals surface area contributed by atoms with Gasteiger partial charge in [-0.25, -0.2) is 0 Å². The van der Waals surface area contributed by atoms with Crippen molar-refractivity contribution in [3.8, 4) is 11.5 Å². The number of nitrogen functional groups attached to an aromatic ring is 1. The van der Waals surface area contributed by atoms with Gasteiger partial charge in [0.25, 0.3) is 5.56 Å². The summed E-state index contributed by atoms with van der Waals surface area (Å²) in [6.45, 7) is 3.36. The Kier molecular flexibility index (Phi) is 4.70. The predicted octanol–water partition coefficient (Wildman–Crippen LogP) is 3.06. The zero-order chi connectivity index (χ0) is 16.9. The van der Waals surface area contributed by atoms with Crippen molar-refractivity contribution in [2.75, 3.05) is 18.9 Å². The number of rotatable bonds is 6. The van der Waals surface area contributed by atoms with Crippen LogP contribution in [-0.4, -0.2) is 17.8 Å². The third-order valence-electron chi connectivity index (χ3n) is 3.74. The van der Waals surface area contributed by atoms with Gasteiger partial charge in [-0.15, -0.1) is 0 Å². The van der Waals surface area contributed by atoms with E-state index in [1.54, 1.807) is 29.0 Å². The summed E-state index contributed by atoms with van der Waals surface area (Å²) in [6, 6.07) is 14.7. The number of nitrogens with zero attached hydrogens (tertiary/aromatic N) is 1. The molecule has 0 atom stereocenters. The number of anilines is 1. The van der Waals surface area contributed by atoms with Gasteiger partial charge in [0.05, 0.1) is 18.5 Å². The van der Waals surface area contributed by atoms with Crippen molar-refractivity contribution in [1.82, 2.24) is 4.57 Å². The molecule has 3 rings (SSSR count). The molecule has 3 aromatic rings. The van der Waals surface area contributed by atoms with E-state index in [-0.39, 0.29) is 5.56 Å². The maximum atomic E-state index is 12.6. The van der Waals surface area contributed by atoms with Gasteiger partial charge in [-0.1, -0.05) is 6.07 Å². The number of benzene rings is 2. The second-order valence-electron chi connectivity index (χ2n) is 5.41. The van der Waals surface area contributed by atoms with Crippen molar-refractivity contribution >= 4 is 16.5 Å². The Morgan fingerprint density at radius 1 is 1.00 bits per heavy atom. The molecule has 0 spiro atoms. The lowest BCUT2D eigenvalue weighted by atomic mass is 10.1. The van der Waals surface area contributed by atoms with Gasteiger partial charge >= 0.3 is 0 Å². The van der Waals surface area contributed by atoms with E-state index in [2.05, 4.69) is 0 Å². The van der Waals surface area contributed by atoms with E-state index < -0.39 is 0 Å². The molecule has 5 heteroatoms. The molecule has 0 radical (unpaired) electrons. The van der Waals surface area contributed by atoms with E-state index in [1.165, 1.54) is 0 Å². The van der Waals surface area contributed by atoms with Crippen LogP contribution in [0.1, 0.15) is 6.92 Å². The predicted molar refractivity (Wildman–Crippen MR) is 95.7 cm³/mol. The fourth-order valence-electron chi connectivity index (χ4n) is 2.52. The van der Waals surface area contributed by atoms with Crippen LogP contribution in [0, 0.1) is 0 Å². The summed E-state index contributed by atoms with van der Waals surface area (Å²) in [6.07, 6.45) is 1.79. The summed E-state index contributed by atoms with van der Waals surface area (Å²) >= 11 is 0. The van der Waals surface area contributed by atoms with E-state index in [4.69, 9.17) is 15.2 Å². The number of pyridine rings is 1. The molecule has 0 aliphatic rings. The minimum atomic E-state index is -0.0463. The zero-order valence-corrected chi connectivity index (χ0v) is 13.6. The lowest BCUT2D eigenvalue weighted by Crippen LogP contribution is -2.22. The van der Waals surface area contributed by atoms with Crippen LogP contribution in [0.5, 0.6) is 11.5 Å². The van der Waals surface area contributed by atoms with Gasteiger partial charge in [0.2, 0.25) is 0 Å². The third-order valence-corrected chi connectivity index (χ3v) is 3.74. The fraction of sp³-hybridized carbons (Fsp3) is 0.211. The Morgan fingerprint density at radius 3 is 2.50 bits per heavy atom. The van der Waals surface area contributed by atoms with Crippen molar-refractivity contribution in [1.29, 1.82) is 0 Å². The molecule has 0 amide bonds. The molecule has 0 unspecified atom stereocenters. The lowest BCUT2D eigenvalue weighted by molar-refractivity contribution is 0.296. The van der Waals surface area contributed by atoms with Gasteiger partial charge in [-0.05, 0) is 54.8 Å². The number of hydrogen-bond donors (Lipinski definition) is 1. The van der Waals surface area contributed by atoms with E-state index >= 15 is 0 Å². The highest BCUT2D eigenvalue weighted by atomic mass is 16.5. The van der Waals surface area contributed by atoms with Crippen LogP contribution in [0.25, 0.3) is 10.8 Å². The Morgan fingerprint density at radius 2 is 1.75 bits per heavy atom. The summed E-state index contributed by atoms with van der Waals surface area (Å²) < 4.78 is 12.8. The van der Waals surface area contributed by atoms with Crippen LogP contribution >= 0.6 is 0 Å². The van der Waals surface area contributed by atoms with Gasteiger partial charge in [0.15, 0.2) is 0 Å². The minimum absolute atomic E-state index is 0.0463. The van der Waals surface area contributed by atoms with E-state index in [9.17, 15) is 4.79 Å². The molecule has 1 aromatic heterocycles. The van der Waals surface area contributed by atoms with Gasteiger partial charge in [0, 0.05) is 11.9 Å². The molecule has 24 heavy (non-hydrogen) atoms. The molecule has 124 valence electrons. The summed E-state index contributed by atoms with van der Waals surface area (Å²) in [4.78, 5) is 12.6. The van der Waals surface area contributed by atoms with E-state index in [1.807, 2.05) is 37.3 Å². The number of nitrogens with two attached hydrogens (primary N) is 1. The van der Waals surface area contributed by atoms with Crippen LogP contribution in [0.2, 0.25) is 0 Å². The quantitative estimate of drug-likeness (QED) is 0.708. The summed E-state index contributed by atoms with van der Waals surface area (Å²) in [5.74, 6) is 1.44. The standard InChI is InChI=1S/C19H20N2O3/c1-2-23-17-6-3-14-9-10-21(19(22)18(14)13-17)11-12-24-16-7-4-15(20)5-8-16/h3-10,13H,2,11-12,20H2,1H3. The SMILES string of the molecule is CCOc1ccc2ccn(CCOc3ccc(N)cc3)c(=O)c2c1. The summed E-state index contributed by atoms with van der Waals surface area (Å²) in [7, 11) is 0. The van der Waals surface area contributed by atoms with Gasteiger partial charge < -0.3 is 19.8 Å². The molecular weight excluding hydrogens is 304 g/mol. The van der Waals surface area contributed by atoms with Crippen LogP contribution < -0.4 is 20.8 Å². The highest BCUT2D eigenvalue weighted by Gasteiger charge is 2.05. The molecule has 0 bridgehead atoms.